The number of carboxylic acids is 2. The Morgan fingerprint density at radius 2 is 1.12 bits per heavy atom. The molecule has 0 aliphatic heterocycles. The molecule has 3 aromatic rings. The van der Waals surface area contributed by atoms with E-state index in [1.807, 2.05) is 12.1 Å². The van der Waals surface area contributed by atoms with Crippen molar-refractivity contribution < 1.29 is 19.8 Å². The van der Waals surface area contributed by atoms with Gasteiger partial charge in [0.05, 0.1) is 11.1 Å². The highest BCUT2D eigenvalue weighted by Gasteiger charge is 2.12. The van der Waals surface area contributed by atoms with E-state index in [4.69, 9.17) is 10.8 Å². The normalized spacial score (nSPS) is 10.4. The van der Waals surface area contributed by atoms with Gasteiger partial charge in [0.25, 0.3) is 0 Å². The van der Waals surface area contributed by atoms with Crippen molar-refractivity contribution in [1.29, 1.82) is 0 Å². The molecule has 3 rings (SSSR count). The molecule has 0 atom stereocenters. The van der Waals surface area contributed by atoms with Crippen LogP contribution in [-0.2, 0) is 0 Å². The number of aromatic carboxylic acids is 2. The Bertz CT molecular complexity index is 944. The summed E-state index contributed by atoms with van der Waals surface area (Å²) in [5.74, 6) is -2.00. The molecule has 0 saturated heterocycles. The fourth-order valence-electron chi connectivity index (χ4n) is 2.62. The van der Waals surface area contributed by atoms with Crippen LogP contribution in [-0.4, -0.2) is 22.2 Å². The molecule has 0 fully saturated rings. The van der Waals surface area contributed by atoms with Gasteiger partial charge in [-0.1, -0.05) is 30.3 Å². The van der Waals surface area contributed by atoms with Gasteiger partial charge in [0.2, 0.25) is 0 Å². The number of hydrogen-bond acceptors (Lipinski definition) is 3. The van der Waals surface area contributed by atoms with Crippen molar-refractivity contribution in [2.24, 2.45) is 0 Å². The number of carboxylic acid groups (broad SMARTS) is 2. The Kier molecular flexibility index (Phi) is 4.22. The number of hydrogen-bond donors (Lipinski definition) is 3. The topological polar surface area (TPSA) is 101 Å². The molecule has 3 aromatic carbocycles. The Morgan fingerprint density at radius 3 is 1.68 bits per heavy atom. The molecule has 0 radical (unpaired) electrons. The van der Waals surface area contributed by atoms with Crippen molar-refractivity contribution in [3.63, 3.8) is 0 Å². The van der Waals surface area contributed by atoms with Crippen LogP contribution in [0.3, 0.4) is 0 Å². The Hall–Kier alpha value is -3.60. The van der Waals surface area contributed by atoms with E-state index < -0.39 is 11.9 Å². The van der Waals surface area contributed by atoms with E-state index in [1.165, 1.54) is 18.2 Å². The van der Waals surface area contributed by atoms with Gasteiger partial charge < -0.3 is 15.9 Å². The largest absolute Gasteiger partial charge is 0.478 e. The van der Waals surface area contributed by atoms with Crippen LogP contribution in [0.4, 0.5) is 5.69 Å². The quantitative estimate of drug-likeness (QED) is 0.627. The predicted octanol–water partition coefficient (Wildman–Crippen LogP) is 4.00. The monoisotopic (exact) mass is 333 g/mol. The molecule has 5 heteroatoms. The first-order valence-electron chi connectivity index (χ1n) is 7.52. The zero-order valence-electron chi connectivity index (χ0n) is 13.1. The van der Waals surface area contributed by atoms with Gasteiger partial charge in [-0.2, -0.15) is 0 Å². The minimum absolute atomic E-state index is 0.178. The van der Waals surface area contributed by atoms with Crippen LogP contribution in [0, 0.1) is 0 Å². The van der Waals surface area contributed by atoms with Crippen LogP contribution < -0.4 is 5.73 Å². The average molecular weight is 333 g/mol. The zero-order chi connectivity index (χ0) is 18.0. The van der Waals surface area contributed by atoms with Gasteiger partial charge in [-0.3, -0.25) is 0 Å². The molecular formula is C20H15NO4. The van der Waals surface area contributed by atoms with E-state index in [0.717, 1.165) is 22.3 Å². The maximum Gasteiger partial charge on any atom is 0.335 e. The van der Waals surface area contributed by atoms with Crippen LogP contribution in [0.2, 0.25) is 0 Å². The predicted molar refractivity (Wildman–Crippen MR) is 95.6 cm³/mol. The van der Waals surface area contributed by atoms with Gasteiger partial charge in [0.15, 0.2) is 0 Å². The van der Waals surface area contributed by atoms with Crippen LogP contribution >= 0.6 is 0 Å². The van der Waals surface area contributed by atoms with E-state index in [9.17, 15) is 14.7 Å². The molecule has 0 amide bonds. The Morgan fingerprint density at radius 1 is 0.640 bits per heavy atom. The first-order valence-corrected chi connectivity index (χ1v) is 7.52. The first kappa shape index (κ1) is 16.3. The summed E-state index contributed by atoms with van der Waals surface area (Å²) in [4.78, 5) is 22.3. The van der Waals surface area contributed by atoms with Gasteiger partial charge in [-0.25, -0.2) is 9.59 Å². The van der Waals surface area contributed by atoms with E-state index in [1.54, 1.807) is 36.4 Å². The van der Waals surface area contributed by atoms with Crippen molar-refractivity contribution >= 4 is 17.6 Å². The van der Waals surface area contributed by atoms with Crippen molar-refractivity contribution in [3.8, 4) is 22.3 Å². The summed E-state index contributed by atoms with van der Waals surface area (Å²) in [6.07, 6.45) is 0. The fraction of sp³-hybridized carbons (Fsp3) is 0. The summed E-state index contributed by atoms with van der Waals surface area (Å²) in [5, 5.41) is 18.3. The van der Waals surface area contributed by atoms with E-state index in [2.05, 4.69) is 0 Å². The highest BCUT2D eigenvalue weighted by Crippen LogP contribution is 2.33. The number of rotatable bonds is 4. The first-order chi connectivity index (χ1) is 12.0. The summed E-state index contributed by atoms with van der Waals surface area (Å²) >= 11 is 0. The minimum Gasteiger partial charge on any atom is -0.478 e. The third-order valence-corrected chi connectivity index (χ3v) is 3.93. The highest BCUT2D eigenvalue weighted by molar-refractivity contribution is 5.94. The minimum atomic E-state index is -1.01. The van der Waals surface area contributed by atoms with Gasteiger partial charge in [-0.05, 0) is 58.7 Å². The number of anilines is 1. The molecule has 5 nitrogen and oxygen atoms in total. The van der Waals surface area contributed by atoms with Crippen LogP contribution in [0.25, 0.3) is 22.3 Å². The molecule has 0 aliphatic carbocycles. The van der Waals surface area contributed by atoms with Crippen molar-refractivity contribution in [1.82, 2.24) is 0 Å². The van der Waals surface area contributed by atoms with E-state index in [-0.39, 0.29) is 11.1 Å². The molecule has 124 valence electrons. The average Bonchev–Trinajstić information content (AvgIpc) is 2.62. The molecule has 0 aromatic heterocycles. The summed E-state index contributed by atoms with van der Waals surface area (Å²) < 4.78 is 0. The van der Waals surface area contributed by atoms with Crippen LogP contribution in [0.1, 0.15) is 20.7 Å². The second-order valence-electron chi connectivity index (χ2n) is 5.57. The maximum atomic E-state index is 11.3. The third kappa shape index (κ3) is 3.35. The van der Waals surface area contributed by atoms with Crippen molar-refractivity contribution in [2.75, 3.05) is 5.73 Å². The van der Waals surface area contributed by atoms with Gasteiger partial charge in [0.1, 0.15) is 0 Å². The summed E-state index contributed by atoms with van der Waals surface area (Å²) in [6, 6.07) is 18.5. The van der Waals surface area contributed by atoms with Gasteiger partial charge in [-0.15, -0.1) is 0 Å². The second-order valence-corrected chi connectivity index (χ2v) is 5.57. The van der Waals surface area contributed by atoms with E-state index in [0.29, 0.717) is 5.69 Å². The lowest BCUT2D eigenvalue weighted by Crippen LogP contribution is -1.98. The maximum absolute atomic E-state index is 11.3. The Balaban J connectivity index is 2.16. The lowest BCUT2D eigenvalue weighted by molar-refractivity contribution is 0.0686. The molecule has 25 heavy (non-hydrogen) atoms. The third-order valence-electron chi connectivity index (χ3n) is 3.93. The number of nitrogen functional groups attached to an aromatic ring is 1. The molecule has 0 bridgehead atoms. The number of nitrogens with two attached hydrogens (primary N) is 1. The molecule has 0 spiro atoms. The molecule has 0 unspecified atom stereocenters. The summed E-state index contributed by atoms with van der Waals surface area (Å²) in [6.45, 7) is 0. The lowest BCUT2D eigenvalue weighted by Gasteiger charge is -2.12. The molecule has 0 aliphatic rings. The molecule has 4 N–H and O–H groups in total. The fourth-order valence-corrected chi connectivity index (χ4v) is 2.62. The molecule has 0 heterocycles. The SMILES string of the molecule is Nc1ccc(-c2cc(C(=O)O)ccc2-c2ccc(C(=O)O)cc2)cc1. The lowest BCUT2D eigenvalue weighted by atomic mass is 9.92. The smallest absolute Gasteiger partial charge is 0.335 e. The highest BCUT2D eigenvalue weighted by atomic mass is 16.4. The molecule has 0 saturated carbocycles. The van der Waals surface area contributed by atoms with Crippen molar-refractivity contribution in [2.45, 2.75) is 0 Å². The standard InChI is InChI=1S/C20H15NO4/c21-16-8-5-13(6-9-16)18-11-15(20(24)25)7-10-17(18)12-1-3-14(4-2-12)19(22)23/h1-11H,21H2,(H,22,23)(H,24,25). The second kappa shape index (κ2) is 6.49. The molecular weight excluding hydrogens is 318 g/mol. The van der Waals surface area contributed by atoms with E-state index >= 15 is 0 Å². The van der Waals surface area contributed by atoms with Gasteiger partial charge in [0, 0.05) is 5.69 Å². The van der Waals surface area contributed by atoms with Gasteiger partial charge >= 0.3 is 11.9 Å². The van der Waals surface area contributed by atoms with Crippen molar-refractivity contribution in [3.05, 3.63) is 77.9 Å². The summed E-state index contributed by atoms with van der Waals surface area (Å²) in [7, 11) is 0. The number of carbonyl (C=O) groups is 2. The van der Waals surface area contributed by atoms with Crippen LogP contribution in [0.15, 0.2) is 66.7 Å². The van der Waals surface area contributed by atoms with Crippen LogP contribution in [0.5, 0.6) is 0 Å². The summed E-state index contributed by atoms with van der Waals surface area (Å²) in [5.41, 5.74) is 9.90. The number of benzene rings is 3. The Labute approximate surface area is 144 Å². The zero-order valence-corrected chi connectivity index (χ0v) is 13.1.